The van der Waals surface area contributed by atoms with Gasteiger partial charge in [0.05, 0.1) is 6.10 Å². The van der Waals surface area contributed by atoms with E-state index in [0.717, 1.165) is 28.6 Å². The number of aromatic nitrogens is 1. The summed E-state index contributed by atoms with van der Waals surface area (Å²) < 4.78 is 12.1. The minimum Gasteiger partial charge on any atom is -0.508 e. The molecule has 2 aliphatic heterocycles. The average molecular weight is 450 g/mol. The molecule has 172 valence electrons. The number of aliphatic hydroxyl groups is 2. The van der Waals surface area contributed by atoms with Crippen molar-refractivity contribution in [3.8, 4) is 5.75 Å². The Balaban J connectivity index is 1.47. The maximum atomic E-state index is 12.8. The number of phenols is 1. The molecular formula is C26H27NO6. The van der Waals surface area contributed by atoms with Crippen LogP contribution in [-0.4, -0.2) is 49.7 Å². The van der Waals surface area contributed by atoms with Gasteiger partial charge in [0, 0.05) is 39.4 Å². The minimum atomic E-state index is -1.72. The number of ketones is 1. The van der Waals surface area contributed by atoms with Crippen LogP contribution in [0.2, 0.25) is 0 Å². The lowest BCUT2D eigenvalue weighted by molar-refractivity contribution is -0.267. The van der Waals surface area contributed by atoms with Crippen LogP contribution in [0, 0.1) is 11.3 Å². The van der Waals surface area contributed by atoms with Gasteiger partial charge in [0.1, 0.15) is 17.1 Å². The summed E-state index contributed by atoms with van der Waals surface area (Å²) in [5, 5.41) is 35.0. The Labute approximate surface area is 190 Å². The van der Waals surface area contributed by atoms with Crippen LogP contribution in [0.4, 0.5) is 0 Å². The predicted molar refractivity (Wildman–Crippen MR) is 118 cm³/mol. The summed E-state index contributed by atoms with van der Waals surface area (Å²) in [4.78, 5) is 16.4. The first-order valence-corrected chi connectivity index (χ1v) is 11.6. The predicted octanol–water partition coefficient (Wildman–Crippen LogP) is 2.73. The van der Waals surface area contributed by atoms with Gasteiger partial charge < -0.3 is 29.8 Å². The molecule has 3 fully saturated rings. The number of aromatic hydroxyl groups is 1. The van der Waals surface area contributed by atoms with Gasteiger partial charge in [-0.3, -0.25) is 4.79 Å². The van der Waals surface area contributed by atoms with E-state index in [1.807, 2.05) is 13.0 Å². The largest absolute Gasteiger partial charge is 0.508 e. The number of phenolic OH excluding ortho intramolecular Hbond substituents is 1. The van der Waals surface area contributed by atoms with Gasteiger partial charge in [-0.2, -0.15) is 0 Å². The normalized spacial score (nSPS) is 45.2. The second kappa shape index (κ2) is 5.54. The van der Waals surface area contributed by atoms with E-state index in [-0.39, 0.29) is 23.2 Å². The number of benzene rings is 1. The number of carbonyl (C=O) groups is 1. The lowest BCUT2D eigenvalue weighted by atomic mass is 9.41. The van der Waals surface area contributed by atoms with Gasteiger partial charge in [0.25, 0.3) is 0 Å². The molecule has 7 heteroatoms. The lowest BCUT2D eigenvalue weighted by Crippen LogP contribution is -2.74. The molecule has 2 saturated carbocycles. The van der Waals surface area contributed by atoms with Crippen LogP contribution in [0.25, 0.3) is 10.9 Å². The Morgan fingerprint density at radius 1 is 1.24 bits per heavy atom. The molecule has 7 nitrogen and oxygen atoms in total. The average Bonchev–Trinajstić information content (AvgIpc) is 3.36. The van der Waals surface area contributed by atoms with E-state index in [2.05, 4.69) is 18.5 Å². The highest BCUT2D eigenvalue weighted by Crippen LogP contribution is 2.71. The number of aromatic amines is 1. The Bertz CT molecular complexity index is 1330. The fourth-order valence-corrected chi connectivity index (χ4v) is 7.99. The van der Waals surface area contributed by atoms with E-state index in [0.29, 0.717) is 24.8 Å². The highest BCUT2D eigenvalue weighted by Gasteiger charge is 2.77. The SMILES string of the molecule is C=C1O[C@@]23CC[C@]4(C)[C@@]5(C)c6[nH]c7ccc(O)cc7c6C[C@@H]5C[C@H](O)[C@@]4(O)C2=CC(=O)[C@@H]1O3. The molecule has 4 N–H and O–H groups in total. The number of fused-ring (bicyclic) bond motifs is 9. The number of nitrogens with one attached hydrogen (secondary N) is 1. The minimum absolute atomic E-state index is 0.0906. The molecule has 33 heavy (non-hydrogen) atoms. The molecule has 2 bridgehead atoms. The van der Waals surface area contributed by atoms with Crippen LogP contribution in [0.3, 0.4) is 0 Å². The van der Waals surface area contributed by atoms with E-state index in [9.17, 15) is 20.1 Å². The number of H-pyrrole nitrogens is 1. The summed E-state index contributed by atoms with van der Waals surface area (Å²) in [7, 11) is 0. The smallest absolute Gasteiger partial charge is 0.237 e. The van der Waals surface area contributed by atoms with E-state index in [4.69, 9.17) is 9.47 Å². The van der Waals surface area contributed by atoms with Crippen molar-refractivity contribution in [1.29, 1.82) is 0 Å². The van der Waals surface area contributed by atoms with Crippen molar-refractivity contribution in [2.45, 2.75) is 68.5 Å². The lowest BCUT2D eigenvalue weighted by Gasteiger charge is -2.66. The van der Waals surface area contributed by atoms with Crippen molar-refractivity contribution in [3.05, 3.63) is 53.4 Å². The first kappa shape index (κ1) is 19.8. The summed E-state index contributed by atoms with van der Waals surface area (Å²) in [5.41, 5.74) is 0.384. The van der Waals surface area contributed by atoms with Crippen LogP contribution >= 0.6 is 0 Å². The number of hydrogen-bond acceptors (Lipinski definition) is 6. The van der Waals surface area contributed by atoms with Crippen molar-refractivity contribution in [2.24, 2.45) is 11.3 Å². The molecular weight excluding hydrogens is 422 g/mol. The molecule has 1 aromatic carbocycles. The number of rotatable bonds is 0. The van der Waals surface area contributed by atoms with E-state index in [1.165, 1.54) is 6.08 Å². The molecule has 3 heterocycles. The van der Waals surface area contributed by atoms with Crippen LogP contribution in [-0.2, 0) is 26.1 Å². The third kappa shape index (κ3) is 1.91. The first-order chi connectivity index (χ1) is 15.5. The fraction of sp³-hybridized carbons (Fsp3) is 0.500. The highest BCUT2D eigenvalue weighted by atomic mass is 16.8. The second-order valence-electron chi connectivity index (χ2n) is 10.9. The zero-order valence-corrected chi connectivity index (χ0v) is 18.6. The molecule has 5 aliphatic rings. The summed E-state index contributed by atoms with van der Waals surface area (Å²) in [6, 6.07) is 5.32. The van der Waals surface area contributed by atoms with E-state index in [1.54, 1.807) is 12.1 Å². The maximum absolute atomic E-state index is 12.8. The number of hydrogen-bond donors (Lipinski definition) is 4. The third-order valence-electron chi connectivity index (χ3n) is 9.87. The van der Waals surface area contributed by atoms with Crippen LogP contribution in [0.5, 0.6) is 5.75 Å². The van der Waals surface area contributed by atoms with Crippen LogP contribution in [0.1, 0.15) is 44.4 Å². The standard InChI is InChI=1S/C26H27NO6/c1-12-21-18(29)11-19-25(32-12,33-21)7-6-23(2)24(3)13(9-20(30)26(19,23)31)8-16-15-10-14(28)4-5-17(15)27-22(16)24/h4-5,10-11,13,20-21,27-28,30-31H,1,6-9H2,2-3H3/t13-,20+,21-,23-,24-,25-,26+/m1/s1. The first-order valence-electron chi connectivity index (χ1n) is 11.6. The monoisotopic (exact) mass is 449 g/mol. The molecule has 3 aliphatic carbocycles. The summed E-state index contributed by atoms with van der Waals surface area (Å²) >= 11 is 0. The zero-order chi connectivity index (χ0) is 23.1. The van der Waals surface area contributed by atoms with Gasteiger partial charge in [-0.25, -0.2) is 0 Å². The van der Waals surface area contributed by atoms with Crippen LogP contribution in [0.15, 0.2) is 42.2 Å². The maximum Gasteiger partial charge on any atom is 0.237 e. The van der Waals surface area contributed by atoms with Gasteiger partial charge in [-0.15, -0.1) is 0 Å². The van der Waals surface area contributed by atoms with Gasteiger partial charge in [0.15, 0.2) is 11.9 Å². The summed E-state index contributed by atoms with van der Waals surface area (Å²) in [6.07, 6.45) is 1.59. The summed E-state index contributed by atoms with van der Waals surface area (Å²) in [5.74, 6) is -1.02. The van der Waals surface area contributed by atoms with Gasteiger partial charge >= 0.3 is 0 Å². The van der Waals surface area contributed by atoms with Crippen LogP contribution < -0.4 is 0 Å². The molecule has 2 aromatic rings. The van der Waals surface area contributed by atoms with Crippen molar-refractivity contribution in [3.63, 3.8) is 0 Å². The zero-order valence-electron chi connectivity index (χ0n) is 18.6. The van der Waals surface area contributed by atoms with Gasteiger partial charge in [-0.1, -0.05) is 20.4 Å². The van der Waals surface area contributed by atoms with Crippen molar-refractivity contribution >= 4 is 16.7 Å². The Kier molecular flexibility index (Phi) is 3.33. The van der Waals surface area contributed by atoms with E-state index < -0.39 is 34.4 Å². The van der Waals surface area contributed by atoms with Crippen molar-refractivity contribution in [2.75, 3.05) is 0 Å². The third-order valence-corrected chi connectivity index (χ3v) is 9.87. The number of carbonyl (C=O) groups excluding carboxylic acids is 1. The topological polar surface area (TPSA) is 112 Å². The van der Waals surface area contributed by atoms with Crippen molar-refractivity contribution < 1.29 is 29.6 Å². The fourth-order valence-electron chi connectivity index (χ4n) is 7.99. The number of aliphatic hydroxyl groups excluding tert-OH is 1. The molecule has 7 rings (SSSR count). The number of ether oxygens (including phenoxy) is 2. The molecule has 1 saturated heterocycles. The molecule has 0 radical (unpaired) electrons. The van der Waals surface area contributed by atoms with Crippen molar-refractivity contribution in [1.82, 2.24) is 4.98 Å². The summed E-state index contributed by atoms with van der Waals surface area (Å²) in [6.45, 7) is 8.04. The van der Waals surface area contributed by atoms with E-state index >= 15 is 0 Å². The Morgan fingerprint density at radius 3 is 2.82 bits per heavy atom. The van der Waals surface area contributed by atoms with Gasteiger partial charge in [-0.05, 0) is 55.0 Å². The Morgan fingerprint density at radius 2 is 2.03 bits per heavy atom. The van der Waals surface area contributed by atoms with Gasteiger partial charge in [0.2, 0.25) is 5.79 Å². The quantitative estimate of drug-likeness (QED) is 0.492. The molecule has 1 aromatic heterocycles. The molecule has 7 atom stereocenters. The molecule has 0 amide bonds. The molecule has 1 spiro atoms. The second-order valence-corrected chi connectivity index (χ2v) is 10.9. The molecule has 0 unspecified atom stereocenters. The highest BCUT2D eigenvalue weighted by molar-refractivity contribution is 5.98. The Hall–Kier alpha value is -2.61.